The van der Waals surface area contributed by atoms with E-state index in [1.54, 1.807) is 12.1 Å². The van der Waals surface area contributed by atoms with E-state index in [9.17, 15) is 13.2 Å². The molecule has 0 spiro atoms. The maximum atomic E-state index is 12.3. The van der Waals surface area contributed by atoms with Crippen LogP contribution in [0.4, 0.5) is 5.69 Å². The fraction of sp³-hybridized carbons (Fsp3) is 0.278. The molecule has 140 valence electrons. The van der Waals surface area contributed by atoms with Gasteiger partial charge in [-0.05, 0) is 30.7 Å². The third-order valence-corrected chi connectivity index (χ3v) is 5.07. The first-order valence-electron chi connectivity index (χ1n) is 7.84. The van der Waals surface area contributed by atoms with Crippen LogP contribution in [-0.4, -0.2) is 34.2 Å². The summed E-state index contributed by atoms with van der Waals surface area (Å²) >= 11 is 5.98. The number of ether oxygens (including phenoxy) is 1. The van der Waals surface area contributed by atoms with Crippen LogP contribution in [0.3, 0.4) is 0 Å². The highest BCUT2D eigenvalue weighted by molar-refractivity contribution is 7.92. The Morgan fingerprint density at radius 1 is 1.19 bits per heavy atom. The largest absolute Gasteiger partial charge is 0.495 e. The number of nitrogens with zero attached hydrogens (tertiary/aromatic N) is 1. The van der Waals surface area contributed by atoms with Gasteiger partial charge in [-0.25, -0.2) is 8.42 Å². The first-order valence-corrected chi connectivity index (χ1v) is 10.1. The molecule has 2 rings (SSSR count). The van der Waals surface area contributed by atoms with Gasteiger partial charge in [0.2, 0.25) is 15.9 Å². The zero-order valence-electron chi connectivity index (χ0n) is 14.8. The Morgan fingerprint density at radius 3 is 2.42 bits per heavy atom. The van der Waals surface area contributed by atoms with Crippen molar-refractivity contribution < 1.29 is 17.9 Å². The van der Waals surface area contributed by atoms with Crippen molar-refractivity contribution >= 4 is 33.2 Å². The van der Waals surface area contributed by atoms with Crippen molar-refractivity contribution in [3.05, 3.63) is 58.6 Å². The fourth-order valence-corrected chi connectivity index (χ4v) is 3.35. The molecule has 1 N–H and O–H groups in total. The number of carbonyl (C=O) groups is 1. The highest BCUT2D eigenvalue weighted by Crippen LogP contribution is 2.32. The smallest absolute Gasteiger partial charge is 0.241 e. The molecule has 0 unspecified atom stereocenters. The normalized spacial score (nSPS) is 11.1. The summed E-state index contributed by atoms with van der Waals surface area (Å²) in [5.41, 5.74) is 2.26. The highest BCUT2D eigenvalue weighted by Gasteiger charge is 2.24. The summed E-state index contributed by atoms with van der Waals surface area (Å²) in [5.74, 6) is -0.121. The number of hydrogen-bond donors (Lipinski definition) is 1. The molecule has 0 saturated heterocycles. The number of halogens is 1. The molecule has 6 nitrogen and oxygen atoms in total. The molecule has 0 aliphatic rings. The molecule has 0 heterocycles. The number of anilines is 1. The van der Waals surface area contributed by atoms with E-state index in [-0.39, 0.29) is 12.2 Å². The van der Waals surface area contributed by atoms with Gasteiger partial charge in [-0.2, -0.15) is 0 Å². The predicted octanol–water partition coefficient (Wildman–Crippen LogP) is 2.74. The van der Waals surface area contributed by atoms with Crippen molar-refractivity contribution in [1.82, 2.24) is 5.32 Å². The number of carbonyl (C=O) groups excluding carboxylic acids is 1. The lowest BCUT2D eigenvalue weighted by atomic mass is 10.1. The first kappa shape index (κ1) is 20.1. The molecule has 0 fully saturated rings. The van der Waals surface area contributed by atoms with Crippen LogP contribution < -0.4 is 14.4 Å². The van der Waals surface area contributed by atoms with Crippen molar-refractivity contribution in [3.63, 3.8) is 0 Å². The van der Waals surface area contributed by atoms with E-state index >= 15 is 0 Å². The number of nitrogens with one attached hydrogen (secondary N) is 1. The van der Waals surface area contributed by atoms with Gasteiger partial charge in [0.15, 0.2) is 0 Å². The molecule has 0 bridgehead atoms. The molecule has 26 heavy (non-hydrogen) atoms. The van der Waals surface area contributed by atoms with E-state index in [4.69, 9.17) is 16.3 Å². The molecule has 1 amide bonds. The second-order valence-electron chi connectivity index (χ2n) is 5.85. The van der Waals surface area contributed by atoms with Gasteiger partial charge in [0.05, 0.1) is 19.1 Å². The maximum Gasteiger partial charge on any atom is 0.241 e. The van der Waals surface area contributed by atoms with Gasteiger partial charge < -0.3 is 10.1 Å². The van der Waals surface area contributed by atoms with Crippen molar-refractivity contribution in [3.8, 4) is 5.75 Å². The van der Waals surface area contributed by atoms with Crippen molar-refractivity contribution in [2.75, 3.05) is 24.2 Å². The first-order chi connectivity index (χ1) is 12.2. The predicted molar refractivity (Wildman–Crippen MR) is 103 cm³/mol. The number of aryl methyl sites for hydroxylation is 1. The van der Waals surface area contributed by atoms with Gasteiger partial charge in [0.1, 0.15) is 12.3 Å². The Hall–Kier alpha value is -2.25. The minimum atomic E-state index is -3.72. The number of hydrogen-bond acceptors (Lipinski definition) is 4. The number of amides is 1. The van der Waals surface area contributed by atoms with E-state index in [0.717, 1.165) is 21.7 Å². The lowest BCUT2D eigenvalue weighted by Crippen LogP contribution is -2.40. The summed E-state index contributed by atoms with van der Waals surface area (Å²) in [5, 5.41) is 3.07. The van der Waals surface area contributed by atoms with Crippen LogP contribution in [0.1, 0.15) is 11.1 Å². The van der Waals surface area contributed by atoms with Crippen molar-refractivity contribution in [2.45, 2.75) is 13.5 Å². The monoisotopic (exact) mass is 396 g/mol. The topological polar surface area (TPSA) is 75.7 Å². The second-order valence-corrected chi connectivity index (χ2v) is 8.19. The van der Waals surface area contributed by atoms with Gasteiger partial charge in [0.25, 0.3) is 0 Å². The summed E-state index contributed by atoms with van der Waals surface area (Å²) in [4.78, 5) is 12.3. The van der Waals surface area contributed by atoms with Crippen LogP contribution in [0.2, 0.25) is 5.02 Å². The summed E-state index contributed by atoms with van der Waals surface area (Å²) < 4.78 is 30.6. The molecular weight excluding hydrogens is 376 g/mol. The number of rotatable bonds is 7. The summed E-state index contributed by atoms with van der Waals surface area (Å²) in [7, 11) is -2.30. The van der Waals surface area contributed by atoms with E-state index in [1.807, 2.05) is 31.2 Å². The SMILES string of the molecule is COc1ccc(Cl)cc1N(CC(=O)NCc1ccc(C)cc1)S(C)(=O)=O. The lowest BCUT2D eigenvalue weighted by Gasteiger charge is -2.24. The van der Waals surface area contributed by atoms with Gasteiger partial charge >= 0.3 is 0 Å². The minimum Gasteiger partial charge on any atom is -0.495 e. The number of benzene rings is 2. The van der Waals surface area contributed by atoms with Crippen LogP contribution in [0, 0.1) is 6.92 Å². The van der Waals surface area contributed by atoms with Crippen LogP contribution in [-0.2, 0) is 21.4 Å². The standard InChI is InChI=1S/C18H21ClN2O4S/c1-13-4-6-14(7-5-13)11-20-18(22)12-21(26(3,23)24)16-10-15(19)8-9-17(16)25-2/h4-10H,11-12H2,1-3H3,(H,20,22). The quantitative estimate of drug-likeness (QED) is 0.780. The minimum absolute atomic E-state index is 0.216. The molecule has 0 saturated carbocycles. The van der Waals surface area contributed by atoms with Gasteiger partial charge in [-0.15, -0.1) is 0 Å². The second kappa shape index (κ2) is 8.42. The molecule has 2 aromatic rings. The van der Waals surface area contributed by atoms with E-state index in [2.05, 4.69) is 5.32 Å². The van der Waals surface area contributed by atoms with Crippen molar-refractivity contribution in [2.24, 2.45) is 0 Å². The van der Waals surface area contributed by atoms with E-state index < -0.39 is 15.9 Å². The number of sulfonamides is 1. The van der Waals surface area contributed by atoms with Crippen LogP contribution >= 0.6 is 11.6 Å². The molecule has 0 aromatic heterocycles. The summed E-state index contributed by atoms with van der Waals surface area (Å²) in [6.45, 7) is 1.91. The molecular formula is C18H21ClN2O4S. The lowest BCUT2D eigenvalue weighted by molar-refractivity contribution is -0.119. The van der Waals surface area contributed by atoms with Crippen LogP contribution in [0.15, 0.2) is 42.5 Å². The Labute approximate surface area is 158 Å². The molecule has 2 aromatic carbocycles. The van der Waals surface area contributed by atoms with Gasteiger partial charge in [0, 0.05) is 11.6 Å². The zero-order chi connectivity index (χ0) is 19.3. The van der Waals surface area contributed by atoms with Crippen LogP contribution in [0.5, 0.6) is 5.75 Å². The molecule has 0 atom stereocenters. The third-order valence-electron chi connectivity index (χ3n) is 3.71. The Bertz CT molecular complexity index is 883. The Balaban J connectivity index is 2.17. The molecule has 8 heteroatoms. The third kappa shape index (κ3) is 5.37. The highest BCUT2D eigenvalue weighted by atomic mass is 35.5. The Morgan fingerprint density at radius 2 is 1.85 bits per heavy atom. The number of methoxy groups -OCH3 is 1. The van der Waals surface area contributed by atoms with Gasteiger partial charge in [-0.3, -0.25) is 9.10 Å². The van der Waals surface area contributed by atoms with Crippen LogP contribution in [0.25, 0.3) is 0 Å². The molecule has 0 radical (unpaired) electrons. The summed E-state index contributed by atoms with van der Waals surface area (Å²) in [6.07, 6.45) is 1.03. The van der Waals surface area contributed by atoms with E-state index in [1.165, 1.54) is 13.2 Å². The van der Waals surface area contributed by atoms with Gasteiger partial charge in [-0.1, -0.05) is 41.4 Å². The zero-order valence-corrected chi connectivity index (χ0v) is 16.4. The van der Waals surface area contributed by atoms with Crippen molar-refractivity contribution in [1.29, 1.82) is 0 Å². The molecule has 0 aliphatic heterocycles. The Kier molecular flexibility index (Phi) is 6.50. The summed E-state index contributed by atoms with van der Waals surface area (Å²) in [6, 6.07) is 12.3. The molecule has 0 aliphatic carbocycles. The maximum absolute atomic E-state index is 12.3. The fourth-order valence-electron chi connectivity index (χ4n) is 2.33. The van der Waals surface area contributed by atoms with E-state index in [0.29, 0.717) is 17.3 Å². The average Bonchev–Trinajstić information content (AvgIpc) is 2.58. The average molecular weight is 397 g/mol.